The summed E-state index contributed by atoms with van der Waals surface area (Å²) in [5.41, 5.74) is 1.60. The van der Waals surface area contributed by atoms with Gasteiger partial charge in [0.15, 0.2) is 0 Å². The van der Waals surface area contributed by atoms with Crippen LogP contribution in [0.1, 0.15) is 32.7 Å². The van der Waals surface area contributed by atoms with Crippen LogP contribution >= 0.6 is 38.6 Å². The van der Waals surface area contributed by atoms with E-state index in [4.69, 9.17) is 0 Å². The second-order valence-electron chi connectivity index (χ2n) is 4.69. The summed E-state index contributed by atoms with van der Waals surface area (Å²) in [6.07, 6.45) is 5.00. The molecule has 3 rings (SSSR count). The summed E-state index contributed by atoms with van der Waals surface area (Å²) >= 11 is 7.47. The van der Waals surface area contributed by atoms with Crippen molar-refractivity contribution in [2.75, 3.05) is 7.05 Å². The quantitative estimate of drug-likeness (QED) is 0.859. The predicted molar refractivity (Wildman–Crippen MR) is 83.9 cm³/mol. The number of nitrogens with one attached hydrogen (secondary N) is 1. The van der Waals surface area contributed by atoms with Gasteiger partial charge < -0.3 is 5.32 Å². The molecule has 1 atom stereocenters. The largest absolute Gasteiger partial charge is 0.312 e. The van der Waals surface area contributed by atoms with Crippen molar-refractivity contribution in [1.29, 1.82) is 0 Å². The molecule has 0 aliphatic heterocycles. The first-order valence-electron chi connectivity index (χ1n) is 6.28. The van der Waals surface area contributed by atoms with Gasteiger partial charge in [-0.15, -0.1) is 22.7 Å². The third-order valence-corrected chi connectivity index (χ3v) is 6.84. The van der Waals surface area contributed by atoms with Gasteiger partial charge in [-0.05, 0) is 65.3 Å². The minimum absolute atomic E-state index is 0.454. The summed E-state index contributed by atoms with van der Waals surface area (Å²) in [5, 5.41) is 5.62. The van der Waals surface area contributed by atoms with Crippen molar-refractivity contribution in [3.63, 3.8) is 0 Å². The number of likely N-dealkylation sites (N-methyl/N-ethyl adjacent to an activating group) is 1. The van der Waals surface area contributed by atoms with E-state index in [0.717, 1.165) is 6.42 Å². The van der Waals surface area contributed by atoms with Crippen molar-refractivity contribution >= 4 is 38.6 Å². The lowest BCUT2D eigenvalue weighted by Crippen LogP contribution is -2.17. The fourth-order valence-corrected chi connectivity index (χ4v) is 5.45. The number of halogens is 1. The summed E-state index contributed by atoms with van der Waals surface area (Å²) in [5.74, 6) is 0. The van der Waals surface area contributed by atoms with Crippen LogP contribution in [-0.2, 0) is 19.3 Å². The van der Waals surface area contributed by atoms with Gasteiger partial charge in [-0.25, -0.2) is 0 Å². The van der Waals surface area contributed by atoms with Crippen LogP contribution in [0.3, 0.4) is 0 Å². The first-order chi connectivity index (χ1) is 8.78. The maximum atomic E-state index is 3.63. The van der Waals surface area contributed by atoms with Crippen LogP contribution in [0, 0.1) is 0 Å². The van der Waals surface area contributed by atoms with Gasteiger partial charge in [0.1, 0.15) is 0 Å². The van der Waals surface area contributed by atoms with Crippen LogP contribution in [0.25, 0.3) is 0 Å². The summed E-state index contributed by atoms with van der Waals surface area (Å²) in [7, 11) is 2.07. The van der Waals surface area contributed by atoms with Crippen molar-refractivity contribution in [3.05, 3.63) is 42.2 Å². The lowest BCUT2D eigenvalue weighted by molar-refractivity contribution is 0.605. The van der Waals surface area contributed by atoms with Crippen LogP contribution in [-0.4, -0.2) is 7.05 Å². The van der Waals surface area contributed by atoms with Crippen LogP contribution in [0.2, 0.25) is 0 Å². The van der Waals surface area contributed by atoms with Gasteiger partial charge in [-0.1, -0.05) is 0 Å². The van der Waals surface area contributed by atoms with Gasteiger partial charge in [0.2, 0.25) is 0 Å². The Morgan fingerprint density at radius 3 is 3.00 bits per heavy atom. The smallest absolute Gasteiger partial charge is 0.0461 e. The fraction of sp³-hybridized carbons (Fsp3) is 0.429. The second kappa shape index (κ2) is 5.45. The molecule has 0 radical (unpaired) electrons. The monoisotopic (exact) mass is 341 g/mol. The molecule has 18 heavy (non-hydrogen) atoms. The zero-order chi connectivity index (χ0) is 12.5. The number of hydrogen-bond donors (Lipinski definition) is 1. The van der Waals surface area contributed by atoms with Crippen LogP contribution in [0.4, 0.5) is 0 Å². The molecule has 0 saturated carbocycles. The van der Waals surface area contributed by atoms with E-state index in [1.807, 2.05) is 22.7 Å². The number of hydrogen-bond acceptors (Lipinski definition) is 3. The Morgan fingerprint density at radius 2 is 2.33 bits per heavy atom. The third kappa shape index (κ3) is 2.44. The predicted octanol–water partition coefficient (Wildman–Crippen LogP) is 4.56. The van der Waals surface area contributed by atoms with Gasteiger partial charge in [-0.2, -0.15) is 0 Å². The van der Waals surface area contributed by atoms with Gasteiger partial charge >= 0.3 is 0 Å². The van der Waals surface area contributed by atoms with Crippen molar-refractivity contribution in [3.8, 4) is 0 Å². The molecule has 96 valence electrons. The highest BCUT2D eigenvalue weighted by Crippen LogP contribution is 2.36. The SMILES string of the molecule is CNC(Cc1sccc1Br)c1cc2c(s1)CCC2. The average Bonchev–Trinajstić information content (AvgIpc) is 3.01. The lowest BCUT2D eigenvalue weighted by atomic mass is 10.1. The molecule has 0 fully saturated rings. The summed E-state index contributed by atoms with van der Waals surface area (Å²) in [6.45, 7) is 0. The van der Waals surface area contributed by atoms with Crippen LogP contribution in [0.5, 0.6) is 0 Å². The highest BCUT2D eigenvalue weighted by Gasteiger charge is 2.20. The Kier molecular flexibility index (Phi) is 3.89. The van der Waals surface area contributed by atoms with Crippen LogP contribution in [0.15, 0.2) is 22.0 Å². The van der Waals surface area contributed by atoms with Crippen molar-refractivity contribution in [1.82, 2.24) is 5.32 Å². The molecule has 0 aromatic carbocycles. The topological polar surface area (TPSA) is 12.0 Å². The standard InChI is InChI=1S/C14H16BrNS2/c1-16-11(8-13-10(15)5-6-17-13)14-7-9-3-2-4-12(9)18-14/h5-7,11,16H,2-4,8H2,1H3. The third-order valence-electron chi connectivity index (χ3n) is 3.54. The normalized spacial score (nSPS) is 15.9. The molecule has 1 nitrogen and oxygen atoms in total. The van der Waals surface area contributed by atoms with E-state index >= 15 is 0 Å². The molecular weight excluding hydrogens is 326 g/mol. The van der Waals surface area contributed by atoms with E-state index < -0.39 is 0 Å². The second-order valence-corrected chi connectivity index (χ2v) is 7.71. The Morgan fingerprint density at radius 1 is 1.44 bits per heavy atom. The van der Waals surface area contributed by atoms with Crippen molar-refractivity contribution in [2.45, 2.75) is 31.7 Å². The van der Waals surface area contributed by atoms with E-state index in [2.05, 4.69) is 45.8 Å². The van der Waals surface area contributed by atoms with E-state index in [9.17, 15) is 0 Å². The number of thiophene rings is 2. The minimum atomic E-state index is 0.454. The highest BCUT2D eigenvalue weighted by atomic mass is 79.9. The molecule has 2 aromatic rings. The van der Waals surface area contributed by atoms with E-state index in [1.165, 1.54) is 33.5 Å². The number of fused-ring (bicyclic) bond motifs is 1. The van der Waals surface area contributed by atoms with Gasteiger partial charge in [0, 0.05) is 31.6 Å². The molecule has 0 spiro atoms. The van der Waals surface area contributed by atoms with Crippen LogP contribution < -0.4 is 5.32 Å². The Bertz CT molecular complexity index is 522. The van der Waals surface area contributed by atoms with Gasteiger partial charge in [0.05, 0.1) is 0 Å². The molecule has 1 unspecified atom stereocenters. The summed E-state index contributed by atoms with van der Waals surface area (Å²) < 4.78 is 1.25. The summed E-state index contributed by atoms with van der Waals surface area (Å²) in [6, 6.07) is 5.02. The first-order valence-corrected chi connectivity index (χ1v) is 8.77. The average molecular weight is 342 g/mol. The first kappa shape index (κ1) is 12.9. The molecule has 0 amide bonds. The van der Waals surface area contributed by atoms with E-state index in [1.54, 1.807) is 10.4 Å². The molecular formula is C14H16BrNS2. The molecule has 1 aliphatic carbocycles. The van der Waals surface area contributed by atoms with Crippen molar-refractivity contribution < 1.29 is 0 Å². The summed E-state index contributed by atoms with van der Waals surface area (Å²) in [4.78, 5) is 4.56. The van der Waals surface area contributed by atoms with E-state index in [0.29, 0.717) is 6.04 Å². The Balaban J connectivity index is 1.81. The van der Waals surface area contributed by atoms with Gasteiger partial charge in [-0.3, -0.25) is 0 Å². The molecule has 4 heteroatoms. The fourth-order valence-electron chi connectivity index (χ4n) is 2.52. The molecule has 2 aromatic heterocycles. The minimum Gasteiger partial charge on any atom is -0.312 e. The maximum Gasteiger partial charge on any atom is 0.0461 e. The maximum absolute atomic E-state index is 3.63. The van der Waals surface area contributed by atoms with E-state index in [-0.39, 0.29) is 0 Å². The molecule has 1 N–H and O–H groups in total. The Labute approximate surface area is 124 Å². The lowest BCUT2D eigenvalue weighted by Gasteiger charge is -2.14. The molecule has 0 bridgehead atoms. The van der Waals surface area contributed by atoms with Crippen molar-refractivity contribution in [2.24, 2.45) is 0 Å². The number of rotatable bonds is 4. The molecule has 0 saturated heterocycles. The molecule has 2 heterocycles. The zero-order valence-electron chi connectivity index (χ0n) is 10.3. The highest BCUT2D eigenvalue weighted by molar-refractivity contribution is 9.10. The van der Waals surface area contributed by atoms with Gasteiger partial charge in [0.25, 0.3) is 0 Å². The zero-order valence-corrected chi connectivity index (χ0v) is 13.6. The molecule has 1 aliphatic rings. The number of aryl methyl sites for hydroxylation is 2. The Hall–Kier alpha value is -0.160.